The highest BCUT2D eigenvalue weighted by Gasteiger charge is 2.30. The topological polar surface area (TPSA) is 123 Å². The molecule has 0 aliphatic heterocycles. The molecule has 0 radical (unpaired) electrons. The van der Waals surface area contributed by atoms with Crippen LogP contribution < -0.4 is 10.6 Å². The summed E-state index contributed by atoms with van der Waals surface area (Å²) in [6, 6.07) is 24.3. The molecule has 3 unspecified atom stereocenters. The van der Waals surface area contributed by atoms with Crippen LogP contribution in [0.2, 0.25) is 0 Å². The molecule has 1 aliphatic rings. The highest BCUT2D eigenvalue weighted by Crippen LogP contribution is 2.44. The van der Waals surface area contributed by atoms with Crippen molar-refractivity contribution in [2.45, 2.75) is 51.0 Å². The summed E-state index contributed by atoms with van der Waals surface area (Å²) in [5.41, 5.74) is 5.39. The molecular weight excluding hydrogens is 524 g/mol. The van der Waals surface area contributed by atoms with Crippen molar-refractivity contribution in [2.75, 3.05) is 19.8 Å². The number of rotatable bonds is 14. The van der Waals surface area contributed by atoms with Crippen LogP contribution in [0.25, 0.3) is 11.1 Å². The Morgan fingerprint density at radius 2 is 1.49 bits per heavy atom. The Kier molecular flexibility index (Phi) is 10.5. The summed E-state index contributed by atoms with van der Waals surface area (Å²) in [5, 5.41) is 14.9. The molecule has 41 heavy (non-hydrogen) atoms. The first kappa shape index (κ1) is 29.8. The van der Waals surface area contributed by atoms with E-state index in [0.717, 1.165) is 27.8 Å². The fraction of sp³-hybridized carbons (Fsp3) is 0.344. The molecule has 3 N–H and O–H groups in total. The Labute approximate surface area is 239 Å². The van der Waals surface area contributed by atoms with E-state index in [1.807, 2.05) is 66.7 Å². The summed E-state index contributed by atoms with van der Waals surface area (Å²) in [7, 11) is 0. The van der Waals surface area contributed by atoms with Crippen LogP contribution in [0.5, 0.6) is 0 Å². The van der Waals surface area contributed by atoms with Crippen molar-refractivity contribution in [1.82, 2.24) is 10.6 Å². The van der Waals surface area contributed by atoms with Crippen molar-refractivity contribution in [3.8, 4) is 11.1 Å². The van der Waals surface area contributed by atoms with Crippen LogP contribution in [0, 0.1) is 0 Å². The number of ether oxygens (including phenoxy) is 3. The zero-order valence-electron chi connectivity index (χ0n) is 23.2. The minimum atomic E-state index is -1.25. The first-order valence-corrected chi connectivity index (χ1v) is 13.8. The van der Waals surface area contributed by atoms with Crippen molar-refractivity contribution in [3.63, 3.8) is 0 Å². The van der Waals surface area contributed by atoms with E-state index < -0.39 is 36.2 Å². The molecule has 3 aromatic carbocycles. The van der Waals surface area contributed by atoms with Crippen LogP contribution in [-0.4, -0.2) is 61.1 Å². The lowest BCUT2D eigenvalue weighted by Crippen LogP contribution is -2.49. The molecule has 0 saturated heterocycles. The molecule has 216 valence electrons. The monoisotopic (exact) mass is 560 g/mol. The molecule has 0 aromatic heterocycles. The SMILES string of the molecule is CCOC(CNC(=O)OCC1c2ccccc2-c2ccccc21)CC(=O)NC(C(=O)O)C(C)OCc1ccccc1. The smallest absolute Gasteiger partial charge is 0.407 e. The molecule has 0 fully saturated rings. The van der Waals surface area contributed by atoms with Gasteiger partial charge in [0, 0.05) is 19.1 Å². The van der Waals surface area contributed by atoms with E-state index in [1.165, 1.54) is 0 Å². The zero-order valence-corrected chi connectivity index (χ0v) is 23.2. The standard InChI is InChI=1S/C32H36N2O7/c1-3-39-23(17-29(35)34-30(31(36)37)21(2)40-19-22-11-5-4-6-12-22)18-33-32(38)41-20-28-26-15-9-7-13-24(26)25-14-8-10-16-27(25)28/h4-16,21,23,28,30H,3,17-20H2,1-2H3,(H,33,38)(H,34,35)(H,36,37). The van der Waals surface area contributed by atoms with Gasteiger partial charge in [-0.25, -0.2) is 9.59 Å². The highest BCUT2D eigenvalue weighted by molar-refractivity contribution is 5.84. The summed E-state index contributed by atoms with van der Waals surface area (Å²) < 4.78 is 16.9. The number of carboxylic acids is 1. The minimum absolute atomic E-state index is 0.0235. The van der Waals surface area contributed by atoms with Crippen molar-refractivity contribution in [1.29, 1.82) is 0 Å². The number of nitrogens with one attached hydrogen (secondary N) is 2. The Balaban J connectivity index is 1.26. The number of fused-ring (bicyclic) bond motifs is 3. The summed E-state index contributed by atoms with van der Waals surface area (Å²) >= 11 is 0. The fourth-order valence-corrected chi connectivity index (χ4v) is 4.99. The number of amides is 2. The van der Waals surface area contributed by atoms with Gasteiger partial charge in [-0.15, -0.1) is 0 Å². The van der Waals surface area contributed by atoms with Crippen LogP contribution >= 0.6 is 0 Å². The normalized spacial score (nSPS) is 14.3. The van der Waals surface area contributed by atoms with Gasteiger partial charge in [0.05, 0.1) is 25.2 Å². The Morgan fingerprint density at radius 3 is 2.10 bits per heavy atom. The van der Waals surface area contributed by atoms with Crippen molar-refractivity contribution in [3.05, 3.63) is 95.6 Å². The molecular formula is C32H36N2O7. The van der Waals surface area contributed by atoms with E-state index in [4.69, 9.17) is 14.2 Å². The molecule has 1 aliphatic carbocycles. The third kappa shape index (κ3) is 7.93. The van der Waals surface area contributed by atoms with Crippen LogP contribution in [0.4, 0.5) is 4.79 Å². The third-order valence-electron chi connectivity index (χ3n) is 7.04. The molecule has 0 bridgehead atoms. The number of alkyl carbamates (subject to hydrolysis) is 1. The largest absolute Gasteiger partial charge is 0.480 e. The predicted molar refractivity (Wildman–Crippen MR) is 153 cm³/mol. The number of hydrogen-bond donors (Lipinski definition) is 3. The van der Waals surface area contributed by atoms with Gasteiger partial charge >= 0.3 is 12.1 Å². The molecule has 3 aromatic rings. The van der Waals surface area contributed by atoms with Crippen LogP contribution in [0.3, 0.4) is 0 Å². The molecule has 0 saturated carbocycles. The second-order valence-corrected chi connectivity index (χ2v) is 9.87. The maximum atomic E-state index is 12.7. The number of carboxylic acid groups (broad SMARTS) is 1. The molecule has 9 heteroatoms. The van der Waals surface area contributed by atoms with Gasteiger partial charge in [0.15, 0.2) is 6.04 Å². The average Bonchev–Trinajstić information content (AvgIpc) is 3.30. The van der Waals surface area contributed by atoms with Crippen LogP contribution in [0.1, 0.15) is 42.9 Å². The van der Waals surface area contributed by atoms with Gasteiger partial charge < -0.3 is 30.0 Å². The van der Waals surface area contributed by atoms with Gasteiger partial charge in [-0.2, -0.15) is 0 Å². The quantitative estimate of drug-likeness (QED) is 0.265. The third-order valence-corrected chi connectivity index (χ3v) is 7.04. The average molecular weight is 561 g/mol. The van der Waals surface area contributed by atoms with E-state index in [0.29, 0.717) is 6.61 Å². The van der Waals surface area contributed by atoms with Gasteiger partial charge in [-0.3, -0.25) is 4.79 Å². The number of carbonyl (C=O) groups excluding carboxylic acids is 2. The minimum Gasteiger partial charge on any atom is -0.480 e. The highest BCUT2D eigenvalue weighted by atomic mass is 16.5. The lowest BCUT2D eigenvalue weighted by molar-refractivity contribution is -0.147. The van der Waals surface area contributed by atoms with Crippen molar-refractivity contribution in [2.24, 2.45) is 0 Å². The van der Waals surface area contributed by atoms with Crippen LogP contribution in [0.15, 0.2) is 78.9 Å². The number of benzene rings is 3. The van der Waals surface area contributed by atoms with E-state index >= 15 is 0 Å². The lowest BCUT2D eigenvalue weighted by atomic mass is 9.98. The zero-order chi connectivity index (χ0) is 29.2. The van der Waals surface area contributed by atoms with Crippen LogP contribution in [-0.2, 0) is 30.4 Å². The Bertz CT molecular complexity index is 1280. The van der Waals surface area contributed by atoms with E-state index in [9.17, 15) is 19.5 Å². The summed E-state index contributed by atoms with van der Waals surface area (Å²) in [6.45, 7) is 4.09. The maximum absolute atomic E-state index is 12.7. The van der Waals surface area contributed by atoms with Crippen molar-refractivity contribution >= 4 is 18.0 Å². The van der Waals surface area contributed by atoms with E-state index in [2.05, 4.69) is 22.8 Å². The summed E-state index contributed by atoms with van der Waals surface area (Å²) in [4.78, 5) is 37.2. The molecule has 3 atom stereocenters. The molecule has 4 rings (SSSR count). The first-order chi connectivity index (χ1) is 19.9. The van der Waals surface area contributed by atoms with Gasteiger partial charge in [0.1, 0.15) is 6.61 Å². The fourth-order valence-electron chi connectivity index (χ4n) is 4.99. The van der Waals surface area contributed by atoms with Crippen molar-refractivity contribution < 1.29 is 33.7 Å². The summed E-state index contributed by atoms with van der Waals surface area (Å²) in [6.07, 6.45) is -2.22. The second kappa shape index (κ2) is 14.4. The number of aliphatic carboxylic acids is 1. The Hall–Kier alpha value is -4.21. The predicted octanol–water partition coefficient (Wildman–Crippen LogP) is 4.50. The first-order valence-electron chi connectivity index (χ1n) is 13.8. The Morgan fingerprint density at radius 1 is 0.878 bits per heavy atom. The molecule has 0 spiro atoms. The molecule has 2 amide bonds. The van der Waals surface area contributed by atoms with Gasteiger partial charge in [-0.05, 0) is 41.7 Å². The number of hydrogen-bond acceptors (Lipinski definition) is 6. The van der Waals surface area contributed by atoms with Gasteiger partial charge in [-0.1, -0.05) is 78.9 Å². The van der Waals surface area contributed by atoms with E-state index in [-0.39, 0.29) is 32.1 Å². The van der Waals surface area contributed by atoms with Gasteiger partial charge in [0.25, 0.3) is 0 Å². The lowest BCUT2D eigenvalue weighted by Gasteiger charge is -2.23. The van der Waals surface area contributed by atoms with Gasteiger partial charge in [0.2, 0.25) is 5.91 Å². The number of carbonyl (C=O) groups is 3. The van der Waals surface area contributed by atoms with E-state index in [1.54, 1.807) is 13.8 Å². The molecule has 9 nitrogen and oxygen atoms in total. The summed E-state index contributed by atoms with van der Waals surface area (Å²) in [5.74, 6) is -1.80. The maximum Gasteiger partial charge on any atom is 0.407 e. The molecule has 0 heterocycles. The second-order valence-electron chi connectivity index (χ2n) is 9.87.